The number of allylic oxidation sites excluding steroid dienone is 1. The van der Waals surface area contributed by atoms with Gasteiger partial charge in [-0.25, -0.2) is 0 Å². The number of thioether (sulfide) groups is 1. The standard InChI is InChI=1S/C19H17N5O2S/c1-3-9-24-17(14-7-4-6-13(2)11-14)21-23-19(24)27-12-16-20-22-18(26-16)15-8-5-10-25-15/h3-8,10-11H,1,9,12H2,2H3. The summed E-state index contributed by atoms with van der Waals surface area (Å²) < 4.78 is 12.9. The second-order valence-electron chi connectivity index (χ2n) is 5.84. The zero-order chi connectivity index (χ0) is 18.6. The third kappa shape index (κ3) is 3.70. The first kappa shape index (κ1) is 17.3. The van der Waals surface area contributed by atoms with E-state index in [9.17, 15) is 0 Å². The molecule has 0 amide bonds. The van der Waals surface area contributed by atoms with Crippen molar-refractivity contribution in [2.45, 2.75) is 24.4 Å². The van der Waals surface area contributed by atoms with Crippen LogP contribution >= 0.6 is 11.8 Å². The molecule has 0 aliphatic heterocycles. The molecule has 136 valence electrons. The molecule has 0 aliphatic carbocycles. The van der Waals surface area contributed by atoms with Crippen LogP contribution in [0.15, 0.2) is 69.3 Å². The molecule has 7 nitrogen and oxygen atoms in total. The topological polar surface area (TPSA) is 82.8 Å². The fraction of sp³-hybridized carbons (Fsp3) is 0.158. The quantitative estimate of drug-likeness (QED) is 0.348. The fourth-order valence-electron chi connectivity index (χ4n) is 2.62. The summed E-state index contributed by atoms with van der Waals surface area (Å²) in [5, 5.41) is 17.5. The van der Waals surface area contributed by atoms with Crippen LogP contribution < -0.4 is 0 Å². The van der Waals surface area contributed by atoms with E-state index in [1.54, 1.807) is 18.4 Å². The first-order chi connectivity index (χ1) is 13.2. The van der Waals surface area contributed by atoms with Crippen molar-refractivity contribution in [3.8, 4) is 23.0 Å². The summed E-state index contributed by atoms with van der Waals surface area (Å²) in [6.07, 6.45) is 3.40. The molecule has 3 aromatic heterocycles. The van der Waals surface area contributed by atoms with Crippen LogP contribution in [0.2, 0.25) is 0 Å². The van der Waals surface area contributed by atoms with E-state index in [0.717, 1.165) is 16.5 Å². The van der Waals surface area contributed by atoms with Crippen molar-refractivity contribution in [1.82, 2.24) is 25.0 Å². The lowest BCUT2D eigenvalue weighted by Crippen LogP contribution is -2.01. The van der Waals surface area contributed by atoms with Crippen molar-refractivity contribution < 1.29 is 8.83 Å². The molecule has 0 N–H and O–H groups in total. The molecule has 0 atom stereocenters. The maximum absolute atomic E-state index is 5.64. The molecule has 0 saturated carbocycles. The van der Waals surface area contributed by atoms with Crippen LogP contribution in [0, 0.1) is 6.92 Å². The third-order valence-corrected chi connectivity index (χ3v) is 4.78. The van der Waals surface area contributed by atoms with Gasteiger partial charge < -0.3 is 8.83 Å². The molecule has 0 spiro atoms. The summed E-state index contributed by atoms with van der Waals surface area (Å²) in [4.78, 5) is 0. The van der Waals surface area contributed by atoms with E-state index < -0.39 is 0 Å². The lowest BCUT2D eigenvalue weighted by atomic mass is 10.1. The highest BCUT2D eigenvalue weighted by molar-refractivity contribution is 7.98. The Kier molecular flexibility index (Phi) is 4.88. The Morgan fingerprint density at radius 1 is 1.15 bits per heavy atom. The molecule has 0 radical (unpaired) electrons. The molecular formula is C19H17N5O2S. The first-order valence-corrected chi connectivity index (χ1v) is 9.33. The summed E-state index contributed by atoms with van der Waals surface area (Å²) in [5.74, 6) is 2.70. The lowest BCUT2D eigenvalue weighted by Gasteiger charge is -2.07. The van der Waals surface area contributed by atoms with Gasteiger partial charge in [0.1, 0.15) is 0 Å². The average Bonchev–Trinajstić information content (AvgIpc) is 3.41. The number of nitrogens with zero attached hydrogens (tertiary/aromatic N) is 5. The van der Waals surface area contributed by atoms with Crippen molar-refractivity contribution in [3.63, 3.8) is 0 Å². The number of furan rings is 1. The van der Waals surface area contributed by atoms with Gasteiger partial charge in [-0.3, -0.25) is 4.57 Å². The van der Waals surface area contributed by atoms with E-state index in [4.69, 9.17) is 8.83 Å². The van der Waals surface area contributed by atoms with Gasteiger partial charge in [-0.2, -0.15) is 0 Å². The van der Waals surface area contributed by atoms with E-state index in [0.29, 0.717) is 29.8 Å². The Morgan fingerprint density at radius 3 is 2.85 bits per heavy atom. The minimum Gasteiger partial charge on any atom is -0.459 e. The Balaban J connectivity index is 1.55. The molecule has 4 aromatic rings. The van der Waals surface area contributed by atoms with Crippen LogP contribution in [-0.2, 0) is 12.3 Å². The molecule has 8 heteroatoms. The predicted octanol–water partition coefficient (Wildman–Crippen LogP) is 4.37. The van der Waals surface area contributed by atoms with Crippen LogP contribution in [-0.4, -0.2) is 25.0 Å². The largest absolute Gasteiger partial charge is 0.459 e. The molecular weight excluding hydrogens is 362 g/mol. The summed E-state index contributed by atoms with van der Waals surface area (Å²) in [6.45, 7) is 6.51. The average molecular weight is 379 g/mol. The molecule has 0 bridgehead atoms. The van der Waals surface area contributed by atoms with Gasteiger partial charge in [-0.1, -0.05) is 41.6 Å². The number of benzene rings is 1. The van der Waals surface area contributed by atoms with E-state index in [1.165, 1.54) is 17.3 Å². The van der Waals surface area contributed by atoms with Crippen LogP contribution in [0.4, 0.5) is 0 Å². The molecule has 1 aromatic carbocycles. The smallest absolute Gasteiger partial charge is 0.283 e. The maximum Gasteiger partial charge on any atom is 0.283 e. The number of aromatic nitrogens is 5. The van der Waals surface area contributed by atoms with E-state index in [-0.39, 0.29) is 0 Å². The highest BCUT2D eigenvalue weighted by atomic mass is 32.2. The van der Waals surface area contributed by atoms with Crippen molar-refractivity contribution >= 4 is 11.8 Å². The van der Waals surface area contributed by atoms with Gasteiger partial charge in [0.2, 0.25) is 5.89 Å². The summed E-state index contributed by atoms with van der Waals surface area (Å²) in [7, 11) is 0. The van der Waals surface area contributed by atoms with E-state index >= 15 is 0 Å². The molecule has 27 heavy (non-hydrogen) atoms. The minimum absolute atomic E-state index is 0.364. The molecule has 0 unspecified atom stereocenters. The highest BCUT2D eigenvalue weighted by Crippen LogP contribution is 2.27. The lowest BCUT2D eigenvalue weighted by molar-refractivity contribution is 0.494. The van der Waals surface area contributed by atoms with Crippen molar-refractivity contribution in [1.29, 1.82) is 0 Å². The van der Waals surface area contributed by atoms with Crippen LogP contribution in [0.3, 0.4) is 0 Å². The fourth-order valence-corrected chi connectivity index (χ4v) is 3.41. The van der Waals surface area contributed by atoms with Gasteiger partial charge in [0.05, 0.1) is 12.0 Å². The van der Waals surface area contributed by atoms with E-state index in [2.05, 4.69) is 46.0 Å². The zero-order valence-corrected chi connectivity index (χ0v) is 15.5. The normalized spacial score (nSPS) is 11.0. The van der Waals surface area contributed by atoms with Crippen LogP contribution in [0.25, 0.3) is 23.0 Å². The molecule has 0 aliphatic rings. The molecule has 0 saturated heterocycles. The third-order valence-electron chi connectivity index (χ3n) is 3.83. The predicted molar refractivity (Wildman–Crippen MR) is 102 cm³/mol. The van der Waals surface area contributed by atoms with Crippen molar-refractivity contribution in [2.75, 3.05) is 0 Å². The SMILES string of the molecule is C=CCn1c(SCc2nnc(-c3ccco3)o2)nnc1-c1cccc(C)c1. The maximum atomic E-state index is 5.64. The van der Waals surface area contributed by atoms with Crippen molar-refractivity contribution in [2.24, 2.45) is 0 Å². The summed E-state index contributed by atoms with van der Waals surface area (Å²) >= 11 is 1.49. The second kappa shape index (κ2) is 7.63. The zero-order valence-electron chi connectivity index (χ0n) is 14.7. The molecule has 0 fully saturated rings. The van der Waals surface area contributed by atoms with Gasteiger partial charge in [-0.05, 0) is 25.1 Å². The van der Waals surface area contributed by atoms with Gasteiger partial charge in [-0.15, -0.1) is 27.0 Å². The Labute approximate surface area is 160 Å². The number of rotatable bonds is 7. The summed E-state index contributed by atoms with van der Waals surface area (Å²) in [5.41, 5.74) is 2.19. The monoisotopic (exact) mass is 379 g/mol. The number of hydrogen-bond acceptors (Lipinski definition) is 7. The molecule has 3 heterocycles. The first-order valence-electron chi connectivity index (χ1n) is 8.35. The van der Waals surface area contributed by atoms with E-state index in [1.807, 2.05) is 22.8 Å². The minimum atomic E-state index is 0.364. The number of hydrogen-bond donors (Lipinski definition) is 0. The van der Waals surface area contributed by atoms with Crippen LogP contribution in [0.5, 0.6) is 0 Å². The van der Waals surface area contributed by atoms with Crippen molar-refractivity contribution in [3.05, 3.63) is 66.8 Å². The second-order valence-corrected chi connectivity index (χ2v) is 6.78. The van der Waals surface area contributed by atoms with Gasteiger partial charge in [0, 0.05) is 12.1 Å². The van der Waals surface area contributed by atoms with Gasteiger partial charge in [0.15, 0.2) is 16.7 Å². The highest BCUT2D eigenvalue weighted by Gasteiger charge is 2.16. The molecule has 4 rings (SSSR count). The van der Waals surface area contributed by atoms with Crippen LogP contribution in [0.1, 0.15) is 11.5 Å². The Hall–Kier alpha value is -3.13. The number of aryl methyl sites for hydroxylation is 1. The Morgan fingerprint density at radius 2 is 2.07 bits per heavy atom. The van der Waals surface area contributed by atoms with Gasteiger partial charge in [0.25, 0.3) is 5.89 Å². The Bertz CT molecular complexity index is 1050. The summed E-state index contributed by atoms with van der Waals surface area (Å²) in [6, 6.07) is 11.7. The van der Waals surface area contributed by atoms with Gasteiger partial charge >= 0.3 is 0 Å².